The standard InChI is InChI=1S/C11H10OS/c1-8-7-10(11(12)13-8)9-5-3-2-4-6-9/h2-6,10H,1,7H2. The molecule has 2 heteroatoms. The van der Waals surface area contributed by atoms with E-state index in [2.05, 4.69) is 6.58 Å². The number of carbonyl (C=O) groups is 1. The van der Waals surface area contributed by atoms with Crippen molar-refractivity contribution in [2.45, 2.75) is 12.3 Å². The van der Waals surface area contributed by atoms with Crippen molar-refractivity contribution >= 4 is 16.9 Å². The molecular weight excluding hydrogens is 180 g/mol. The number of thioether (sulfide) groups is 1. The molecule has 0 amide bonds. The third-order valence-electron chi connectivity index (χ3n) is 2.16. The highest BCUT2D eigenvalue weighted by molar-refractivity contribution is 8.17. The molecule has 66 valence electrons. The van der Waals surface area contributed by atoms with Crippen molar-refractivity contribution < 1.29 is 4.79 Å². The van der Waals surface area contributed by atoms with Crippen LogP contribution in [0.2, 0.25) is 0 Å². The fourth-order valence-corrected chi connectivity index (χ4v) is 2.40. The first-order valence-electron chi connectivity index (χ1n) is 4.22. The third-order valence-corrected chi connectivity index (χ3v) is 3.10. The predicted molar refractivity (Wildman–Crippen MR) is 55.5 cm³/mol. The van der Waals surface area contributed by atoms with Crippen LogP contribution in [0.1, 0.15) is 17.9 Å². The van der Waals surface area contributed by atoms with Crippen molar-refractivity contribution in [1.29, 1.82) is 0 Å². The number of allylic oxidation sites excluding steroid dienone is 1. The maximum Gasteiger partial charge on any atom is 0.201 e. The van der Waals surface area contributed by atoms with E-state index >= 15 is 0 Å². The van der Waals surface area contributed by atoms with E-state index in [0.29, 0.717) is 0 Å². The van der Waals surface area contributed by atoms with Crippen LogP contribution in [0, 0.1) is 0 Å². The Morgan fingerprint density at radius 1 is 1.31 bits per heavy atom. The van der Waals surface area contributed by atoms with Crippen molar-refractivity contribution in [2.75, 3.05) is 0 Å². The van der Waals surface area contributed by atoms with E-state index in [0.717, 1.165) is 16.9 Å². The van der Waals surface area contributed by atoms with E-state index < -0.39 is 0 Å². The molecule has 1 atom stereocenters. The van der Waals surface area contributed by atoms with Gasteiger partial charge in [-0.3, -0.25) is 4.79 Å². The molecule has 1 aromatic rings. The van der Waals surface area contributed by atoms with Crippen molar-refractivity contribution in [3.8, 4) is 0 Å². The highest BCUT2D eigenvalue weighted by atomic mass is 32.2. The van der Waals surface area contributed by atoms with Crippen molar-refractivity contribution in [3.63, 3.8) is 0 Å². The highest BCUT2D eigenvalue weighted by Crippen LogP contribution is 2.40. The minimum atomic E-state index is 0.0405. The van der Waals surface area contributed by atoms with Gasteiger partial charge in [-0.1, -0.05) is 48.7 Å². The number of benzene rings is 1. The largest absolute Gasteiger partial charge is 0.286 e. The molecule has 2 rings (SSSR count). The smallest absolute Gasteiger partial charge is 0.201 e. The van der Waals surface area contributed by atoms with Crippen LogP contribution in [0.25, 0.3) is 0 Å². The predicted octanol–water partition coefficient (Wildman–Crippen LogP) is 2.95. The number of hydrogen-bond acceptors (Lipinski definition) is 2. The average molecular weight is 190 g/mol. The van der Waals surface area contributed by atoms with Crippen LogP contribution in [0.5, 0.6) is 0 Å². The van der Waals surface area contributed by atoms with Gasteiger partial charge < -0.3 is 0 Å². The normalized spacial score (nSPS) is 22.3. The zero-order chi connectivity index (χ0) is 9.26. The van der Waals surface area contributed by atoms with Crippen molar-refractivity contribution in [2.24, 2.45) is 0 Å². The molecular formula is C11H10OS. The second-order valence-corrected chi connectivity index (χ2v) is 4.31. The Hall–Kier alpha value is -1.02. The van der Waals surface area contributed by atoms with E-state index in [4.69, 9.17) is 0 Å². The summed E-state index contributed by atoms with van der Waals surface area (Å²) in [5.41, 5.74) is 1.11. The van der Waals surface area contributed by atoms with Gasteiger partial charge in [-0.25, -0.2) is 0 Å². The summed E-state index contributed by atoms with van der Waals surface area (Å²) in [5.74, 6) is 0.0405. The van der Waals surface area contributed by atoms with Crippen molar-refractivity contribution in [1.82, 2.24) is 0 Å². The van der Waals surface area contributed by atoms with Crippen LogP contribution >= 0.6 is 11.8 Å². The SMILES string of the molecule is C=C1CC(c2ccccc2)C(=O)S1. The average Bonchev–Trinajstić information content (AvgIpc) is 2.47. The zero-order valence-electron chi connectivity index (χ0n) is 7.19. The molecule has 0 saturated carbocycles. The molecule has 1 nitrogen and oxygen atoms in total. The van der Waals surface area contributed by atoms with Gasteiger partial charge in [-0.05, 0) is 16.9 Å². The molecule has 0 aliphatic carbocycles. The molecule has 0 radical (unpaired) electrons. The molecule has 0 bridgehead atoms. The summed E-state index contributed by atoms with van der Waals surface area (Å²) in [6.07, 6.45) is 0.799. The Balaban J connectivity index is 2.28. The lowest BCUT2D eigenvalue weighted by molar-refractivity contribution is -0.111. The molecule has 0 aromatic heterocycles. The highest BCUT2D eigenvalue weighted by Gasteiger charge is 2.29. The third kappa shape index (κ3) is 1.68. The first kappa shape index (κ1) is 8.57. The van der Waals surface area contributed by atoms with Crippen LogP contribution in [0.15, 0.2) is 41.8 Å². The van der Waals surface area contributed by atoms with Gasteiger partial charge >= 0.3 is 0 Å². The van der Waals surface area contributed by atoms with E-state index in [-0.39, 0.29) is 11.0 Å². The maximum absolute atomic E-state index is 11.5. The van der Waals surface area contributed by atoms with Gasteiger partial charge in [0.25, 0.3) is 0 Å². The van der Waals surface area contributed by atoms with Gasteiger partial charge in [-0.15, -0.1) is 0 Å². The van der Waals surface area contributed by atoms with Crippen LogP contribution in [0.3, 0.4) is 0 Å². The van der Waals surface area contributed by atoms with Gasteiger partial charge in [0.05, 0.1) is 5.92 Å². The fraction of sp³-hybridized carbons (Fsp3) is 0.182. The zero-order valence-corrected chi connectivity index (χ0v) is 8.01. The van der Waals surface area contributed by atoms with Crippen LogP contribution in [0.4, 0.5) is 0 Å². The lowest BCUT2D eigenvalue weighted by atomic mass is 9.98. The summed E-state index contributed by atoms with van der Waals surface area (Å²) >= 11 is 1.29. The quantitative estimate of drug-likeness (QED) is 0.677. The second kappa shape index (κ2) is 3.38. The first-order chi connectivity index (χ1) is 6.27. The Morgan fingerprint density at radius 2 is 2.00 bits per heavy atom. The summed E-state index contributed by atoms with van der Waals surface area (Å²) in [6.45, 7) is 3.82. The van der Waals surface area contributed by atoms with E-state index in [9.17, 15) is 4.79 Å². The number of hydrogen-bond donors (Lipinski definition) is 0. The summed E-state index contributed by atoms with van der Waals surface area (Å²) in [7, 11) is 0. The molecule has 0 N–H and O–H groups in total. The molecule has 1 saturated heterocycles. The molecule has 13 heavy (non-hydrogen) atoms. The van der Waals surface area contributed by atoms with Gasteiger partial charge in [0.2, 0.25) is 5.12 Å². The van der Waals surface area contributed by atoms with E-state index in [1.165, 1.54) is 11.8 Å². The molecule has 1 aromatic carbocycles. The summed E-state index contributed by atoms with van der Waals surface area (Å²) in [6, 6.07) is 9.90. The fourth-order valence-electron chi connectivity index (χ4n) is 1.51. The molecule has 1 aliphatic heterocycles. The molecule has 1 unspecified atom stereocenters. The molecule has 1 heterocycles. The van der Waals surface area contributed by atoms with Crippen LogP contribution < -0.4 is 0 Å². The molecule has 0 spiro atoms. The van der Waals surface area contributed by atoms with Gasteiger partial charge in [0, 0.05) is 0 Å². The second-order valence-electron chi connectivity index (χ2n) is 3.13. The summed E-state index contributed by atoms with van der Waals surface area (Å²) in [5, 5.41) is 0.233. The number of rotatable bonds is 1. The van der Waals surface area contributed by atoms with Gasteiger partial charge in [0.15, 0.2) is 0 Å². The lowest BCUT2D eigenvalue weighted by Crippen LogP contribution is -2.01. The minimum Gasteiger partial charge on any atom is -0.286 e. The van der Waals surface area contributed by atoms with Gasteiger partial charge in [0.1, 0.15) is 0 Å². The monoisotopic (exact) mass is 190 g/mol. The van der Waals surface area contributed by atoms with Crippen LogP contribution in [-0.4, -0.2) is 5.12 Å². The summed E-state index contributed by atoms with van der Waals surface area (Å²) < 4.78 is 0. The molecule has 1 fully saturated rings. The number of carbonyl (C=O) groups excluding carboxylic acids is 1. The maximum atomic E-state index is 11.5. The Morgan fingerprint density at radius 3 is 2.54 bits per heavy atom. The Labute approximate surface area is 81.8 Å². The first-order valence-corrected chi connectivity index (χ1v) is 5.03. The molecule has 1 aliphatic rings. The Kier molecular flexibility index (Phi) is 2.23. The lowest BCUT2D eigenvalue weighted by Gasteiger charge is -2.05. The van der Waals surface area contributed by atoms with Gasteiger partial charge in [-0.2, -0.15) is 0 Å². The Bertz CT molecular complexity index is 342. The van der Waals surface area contributed by atoms with Crippen LogP contribution in [-0.2, 0) is 4.79 Å². The van der Waals surface area contributed by atoms with Crippen molar-refractivity contribution in [3.05, 3.63) is 47.4 Å². The van der Waals surface area contributed by atoms with E-state index in [1.54, 1.807) is 0 Å². The minimum absolute atomic E-state index is 0.0405. The van der Waals surface area contributed by atoms with E-state index in [1.807, 2.05) is 30.3 Å². The topological polar surface area (TPSA) is 17.1 Å². The summed E-state index contributed by atoms with van der Waals surface area (Å²) in [4.78, 5) is 12.5.